The van der Waals surface area contributed by atoms with Crippen molar-refractivity contribution >= 4 is 15.9 Å². The molecule has 80 valence electrons. The molecule has 0 amide bonds. The Labute approximate surface area is 95.5 Å². The summed E-state index contributed by atoms with van der Waals surface area (Å²) < 4.78 is 0. The van der Waals surface area contributed by atoms with Crippen LogP contribution in [0, 0.1) is 11.3 Å². The van der Waals surface area contributed by atoms with Crippen LogP contribution in [0.1, 0.15) is 17.2 Å². The highest BCUT2D eigenvalue weighted by molar-refractivity contribution is 9.09. The number of phenols is 1. The Hall–Kier alpha value is -1.09. The molecule has 0 spiro atoms. The molecule has 1 aromatic carbocycles. The highest BCUT2D eigenvalue weighted by Gasteiger charge is 2.20. The molecule has 1 rings (SSSR count). The van der Waals surface area contributed by atoms with E-state index in [1.165, 1.54) is 18.2 Å². The smallest absolute Gasteiger partial charge is 0.121 e. The molecular weight excluding hydrogens is 262 g/mol. The summed E-state index contributed by atoms with van der Waals surface area (Å²) in [6.45, 7) is 0. The second-order valence-electron chi connectivity index (χ2n) is 3.05. The molecule has 0 aliphatic carbocycles. The quantitative estimate of drug-likeness (QED) is 0.718. The van der Waals surface area contributed by atoms with Crippen molar-refractivity contribution in [3.63, 3.8) is 0 Å². The predicted molar refractivity (Wildman–Crippen MR) is 57.6 cm³/mol. The summed E-state index contributed by atoms with van der Waals surface area (Å²) in [5, 5.41) is 37.3. The number of aliphatic hydroxyl groups excluding tert-OH is 2. The predicted octanol–water partition coefficient (Wildman–Crippen LogP) is 1.05. The summed E-state index contributed by atoms with van der Waals surface area (Å²) in [7, 11) is 0. The van der Waals surface area contributed by atoms with Crippen LogP contribution in [0.25, 0.3) is 0 Å². The van der Waals surface area contributed by atoms with Crippen molar-refractivity contribution in [1.82, 2.24) is 0 Å². The van der Waals surface area contributed by atoms with Crippen molar-refractivity contribution in [2.24, 2.45) is 0 Å². The third kappa shape index (κ3) is 2.69. The van der Waals surface area contributed by atoms with Crippen LogP contribution in [0.15, 0.2) is 18.2 Å². The van der Waals surface area contributed by atoms with Crippen LogP contribution in [-0.4, -0.2) is 26.8 Å². The maximum Gasteiger partial charge on any atom is 0.121 e. The first-order valence-electron chi connectivity index (χ1n) is 4.25. The minimum absolute atomic E-state index is 0.137. The van der Waals surface area contributed by atoms with Crippen LogP contribution in [0.4, 0.5) is 0 Å². The fourth-order valence-corrected chi connectivity index (χ4v) is 1.51. The van der Waals surface area contributed by atoms with E-state index >= 15 is 0 Å². The van der Waals surface area contributed by atoms with Gasteiger partial charge >= 0.3 is 0 Å². The summed E-state index contributed by atoms with van der Waals surface area (Å²) in [5.41, 5.74) is 0.477. The van der Waals surface area contributed by atoms with E-state index in [4.69, 9.17) is 5.26 Å². The van der Waals surface area contributed by atoms with Gasteiger partial charge in [-0.3, -0.25) is 0 Å². The van der Waals surface area contributed by atoms with E-state index in [-0.39, 0.29) is 16.6 Å². The molecule has 5 heteroatoms. The van der Waals surface area contributed by atoms with Gasteiger partial charge in [0, 0.05) is 10.9 Å². The third-order valence-corrected chi connectivity index (χ3v) is 2.66. The van der Waals surface area contributed by atoms with Crippen LogP contribution in [0.2, 0.25) is 0 Å². The molecule has 2 atom stereocenters. The fourth-order valence-electron chi connectivity index (χ4n) is 1.15. The summed E-state index contributed by atoms with van der Waals surface area (Å²) in [6, 6.07) is 6.00. The Morgan fingerprint density at radius 3 is 2.60 bits per heavy atom. The van der Waals surface area contributed by atoms with Gasteiger partial charge in [-0.05, 0) is 18.2 Å². The number of aliphatic hydroxyl groups is 2. The number of rotatable bonds is 3. The second kappa shape index (κ2) is 5.12. The molecule has 4 nitrogen and oxygen atoms in total. The molecule has 0 bridgehead atoms. The van der Waals surface area contributed by atoms with E-state index in [0.29, 0.717) is 5.56 Å². The number of phenolic OH excluding ortho intramolecular Hbond substituents is 1. The van der Waals surface area contributed by atoms with Gasteiger partial charge in [-0.15, -0.1) is 0 Å². The molecule has 1 aromatic rings. The lowest BCUT2D eigenvalue weighted by Gasteiger charge is -2.17. The summed E-state index contributed by atoms with van der Waals surface area (Å²) in [4.78, 5) is 0. The Morgan fingerprint density at radius 2 is 2.07 bits per heavy atom. The van der Waals surface area contributed by atoms with Crippen molar-refractivity contribution in [2.45, 2.75) is 12.2 Å². The van der Waals surface area contributed by atoms with Gasteiger partial charge in [-0.1, -0.05) is 15.9 Å². The van der Waals surface area contributed by atoms with E-state index in [0.717, 1.165) is 0 Å². The largest absolute Gasteiger partial charge is 0.508 e. The van der Waals surface area contributed by atoms with Crippen molar-refractivity contribution in [3.8, 4) is 11.8 Å². The van der Waals surface area contributed by atoms with E-state index < -0.39 is 12.2 Å². The van der Waals surface area contributed by atoms with Crippen LogP contribution >= 0.6 is 15.9 Å². The zero-order chi connectivity index (χ0) is 11.4. The van der Waals surface area contributed by atoms with Crippen molar-refractivity contribution in [2.75, 3.05) is 5.33 Å². The molecular formula is C10H10BrNO3. The lowest BCUT2D eigenvalue weighted by Crippen LogP contribution is -2.19. The lowest BCUT2D eigenvalue weighted by atomic mass is 10.0. The molecule has 15 heavy (non-hydrogen) atoms. The molecule has 3 N–H and O–H groups in total. The zero-order valence-electron chi connectivity index (χ0n) is 7.76. The van der Waals surface area contributed by atoms with E-state index in [1.807, 2.05) is 6.07 Å². The van der Waals surface area contributed by atoms with E-state index in [9.17, 15) is 15.3 Å². The van der Waals surface area contributed by atoms with Crippen molar-refractivity contribution in [1.29, 1.82) is 5.26 Å². The number of hydrogen-bond acceptors (Lipinski definition) is 4. The Balaban J connectivity index is 3.07. The van der Waals surface area contributed by atoms with Gasteiger partial charge < -0.3 is 15.3 Å². The van der Waals surface area contributed by atoms with Crippen LogP contribution in [0.3, 0.4) is 0 Å². The van der Waals surface area contributed by atoms with Crippen LogP contribution < -0.4 is 0 Å². The molecule has 0 aliphatic heterocycles. The van der Waals surface area contributed by atoms with Gasteiger partial charge in [-0.25, -0.2) is 0 Å². The van der Waals surface area contributed by atoms with Gasteiger partial charge in [0.2, 0.25) is 0 Å². The van der Waals surface area contributed by atoms with E-state index in [1.54, 1.807) is 0 Å². The zero-order valence-corrected chi connectivity index (χ0v) is 9.35. The number of alkyl halides is 1. The molecule has 0 aromatic heterocycles. The van der Waals surface area contributed by atoms with Gasteiger partial charge in [-0.2, -0.15) is 5.26 Å². The number of benzene rings is 1. The van der Waals surface area contributed by atoms with Crippen molar-refractivity contribution < 1.29 is 15.3 Å². The topological polar surface area (TPSA) is 84.5 Å². The van der Waals surface area contributed by atoms with Gasteiger partial charge in [0.05, 0.1) is 17.7 Å². The highest BCUT2D eigenvalue weighted by Crippen LogP contribution is 2.27. The Bertz CT molecular complexity index is 389. The molecule has 0 fully saturated rings. The van der Waals surface area contributed by atoms with Gasteiger partial charge in [0.25, 0.3) is 0 Å². The number of nitrogens with zero attached hydrogens (tertiary/aromatic N) is 1. The minimum Gasteiger partial charge on any atom is -0.508 e. The first-order chi connectivity index (χ1) is 7.10. The molecule has 2 unspecified atom stereocenters. The van der Waals surface area contributed by atoms with Gasteiger partial charge in [0.1, 0.15) is 11.9 Å². The second-order valence-corrected chi connectivity index (χ2v) is 3.70. The Kier molecular flexibility index (Phi) is 4.09. The normalized spacial score (nSPS) is 14.3. The van der Waals surface area contributed by atoms with E-state index in [2.05, 4.69) is 15.9 Å². The standard InChI is InChI=1S/C10H10BrNO3/c11-4-9(14)10(15)7-3-6(5-12)1-2-8(7)13/h1-3,9-10,13-15H,4H2. The first kappa shape index (κ1) is 12.0. The average Bonchev–Trinajstić information content (AvgIpc) is 2.27. The molecule has 0 radical (unpaired) electrons. The maximum atomic E-state index is 9.64. The number of hydrogen-bond donors (Lipinski definition) is 3. The maximum absolute atomic E-state index is 9.64. The first-order valence-corrected chi connectivity index (χ1v) is 5.37. The Morgan fingerprint density at radius 1 is 1.40 bits per heavy atom. The number of halogens is 1. The summed E-state index contributed by atoms with van der Waals surface area (Å²) in [6.07, 6.45) is -2.23. The molecule has 0 saturated heterocycles. The average molecular weight is 272 g/mol. The van der Waals surface area contributed by atoms with Crippen LogP contribution in [0.5, 0.6) is 5.75 Å². The molecule has 0 saturated carbocycles. The minimum atomic E-state index is -1.21. The number of nitriles is 1. The van der Waals surface area contributed by atoms with Crippen molar-refractivity contribution in [3.05, 3.63) is 29.3 Å². The summed E-state index contributed by atoms with van der Waals surface area (Å²) in [5.74, 6) is -0.137. The monoisotopic (exact) mass is 271 g/mol. The fraction of sp³-hybridized carbons (Fsp3) is 0.300. The SMILES string of the molecule is N#Cc1ccc(O)c(C(O)C(O)CBr)c1. The number of aromatic hydroxyl groups is 1. The van der Waals surface area contributed by atoms with Crippen LogP contribution in [-0.2, 0) is 0 Å². The third-order valence-electron chi connectivity index (χ3n) is 2.00. The molecule has 0 aliphatic rings. The molecule has 0 heterocycles. The summed E-state index contributed by atoms with van der Waals surface area (Å²) >= 11 is 3.02. The lowest BCUT2D eigenvalue weighted by molar-refractivity contribution is 0.0328. The van der Waals surface area contributed by atoms with Gasteiger partial charge in [0.15, 0.2) is 0 Å². The highest BCUT2D eigenvalue weighted by atomic mass is 79.9.